The normalized spacial score (nSPS) is 18.1. The summed E-state index contributed by atoms with van der Waals surface area (Å²) in [7, 11) is 0. The van der Waals surface area contributed by atoms with Gasteiger partial charge in [-0.3, -0.25) is 23.9 Å². The zero-order valence-corrected chi connectivity index (χ0v) is 17.7. The number of carbonyl (C=O) groups excluding carboxylic acids is 2. The van der Waals surface area contributed by atoms with Crippen LogP contribution in [0.5, 0.6) is 0 Å². The molecular weight excluding hydrogens is 453 g/mol. The van der Waals surface area contributed by atoms with Crippen LogP contribution in [0.4, 0.5) is 19.0 Å². The first kappa shape index (κ1) is 22.1. The number of benzene rings is 1. The predicted molar refractivity (Wildman–Crippen MR) is 115 cm³/mol. The number of β-amino-alcohol motifs (C(OH)–C–C–N with tert-alkyl or cyclic N) is 1. The van der Waals surface area contributed by atoms with Crippen LogP contribution in [0.3, 0.4) is 0 Å². The highest BCUT2D eigenvalue weighted by atomic mass is 19.1. The summed E-state index contributed by atoms with van der Waals surface area (Å²) in [6.45, 7) is 0.328. The summed E-state index contributed by atoms with van der Waals surface area (Å²) < 4.78 is 43.9. The molecule has 8 nitrogen and oxygen atoms in total. The van der Waals surface area contributed by atoms with Crippen molar-refractivity contribution in [2.24, 2.45) is 5.92 Å². The van der Waals surface area contributed by atoms with Crippen molar-refractivity contribution in [3.05, 3.63) is 63.7 Å². The van der Waals surface area contributed by atoms with Crippen molar-refractivity contribution in [1.82, 2.24) is 14.9 Å². The topological polar surface area (TPSA) is 105 Å². The minimum Gasteiger partial charge on any atom is -0.391 e. The summed E-state index contributed by atoms with van der Waals surface area (Å²) in [6.07, 6.45) is 1.87. The molecule has 3 aromatic rings. The fourth-order valence-electron chi connectivity index (χ4n) is 4.00. The third-order valence-electron chi connectivity index (χ3n) is 5.93. The fourth-order valence-corrected chi connectivity index (χ4v) is 4.00. The summed E-state index contributed by atoms with van der Waals surface area (Å²) >= 11 is 0. The Morgan fingerprint density at radius 3 is 2.47 bits per heavy atom. The van der Waals surface area contributed by atoms with Gasteiger partial charge < -0.3 is 10.4 Å². The molecule has 2 fully saturated rings. The Morgan fingerprint density at radius 1 is 1.15 bits per heavy atom. The van der Waals surface area contributed by atoms with Crippen LogP contribution in [-0.4, -0.2) is 45.7 Å². The van der Waals surface area contributed by atoms with E-state index in [1.165, 1.54) is 17.0 Å². The van der Waals surface area contributed by atoms with Gasteiger partial charge in [0.2, 0.25) is 11.3 Å². The number of nitrogens with zero attached hydrogens (tertiary/aromatic N) is 3. The van der Waals surface area contributed by atoms with Crippen molar-refractivity contribution < 1.29 is 27.9 Å². The standard InChI is InChI=1S/C23H19F3N4O4/c24-12-5-16(25)20(17(26)6-12)30-10-15(23(34)27-8-11-1-2-11)21(33)14-3-4-18(28-22(14)30)29-9-13(31)7-19(29)32/h3-6,10-11,13,31H,1-2,7-9H2,(H,27,34). The molecule has 176 valence electrons. The van der Waals surface area contributed by atoms with Crippen molar-refractivity contribution in [1.29, 1.82) is 0 Å². The quantitative estimate of drug-likeness (QED) is 0.592. The molecule has 11 heteroatoms. The van der Waals surface area contributed by atoms with E-state index in [0.29, 0.717) is 24.6 Å². The number of rotatable bonds is 5. The maximum Gasteiger partial charge on any atom is 0.256 e. The minimum atomic E-state index is -1.27. The average molecular weight is 472 g/mol. The second-order valence-corrected chi connectivity index (χ2v) is 8.52. The van der Waals surface area contributed by atoms with Gasteiger partial charge in [-0.15, -0.1) is 0 Å². The number of amides is 2. The number of anilines is 1. The highest BCUT2D eigenvalue weighted by Gasteiger charge is 2.31. The van der Waals surface area contributed by atoms with E-state index in [1.54, 1.807) is 0 Å². The van der Waals surface area contributed by atoms with Gasteiger partial charge in [0.1, 0.15) is 22.9 Å². The number of carbonyl (C=O) groups is 2. The Bertz CT molecular complexity index is 1380. The van der Waals surface area contributed by atoms with Gasteiger partial charge in [0.05, 0.1) is 24.5 Å². The van der Waals surface area contributed by atoms with E-state index in [0.717, 1.165) is 23.6 Å². The molecule has 1 unspecified atom stereocenters. The number of aliphatic hydroxyl groups is 1. The first-order valence-corrected chi connectivity index (χ1v) is 10.7. The number of halogens is 3. The first-order valence-electron chi connectivity index (χ1n) is 10.7. The Labute approximate surface area is 190 Å². The van der Waals surface area contributed by atoms with Crippen LogP contribution >= 0.6 is 0 Å². The Balaban J connectivity index is 1.72. The van der Waals surface area contributed by atoms with Gasteiger partial charge in [0.15, 0.2) is 17.3 Å². The molecule has 1 atom stereocenters. The smallest absolute Gasteiger partial charge is 0.256 e. The summed E-state index contributed by atoms with van der Waals surface area (Å²) in [4.78, 5) is 43.5. The number of aromatic nitrogens is 2. The molecule has 0 radical (unpaired) electrons. The maximum atomic E-state index is 14.7. The zero-order valence-electron chi connectivity index (χ0n) is 17.7. The van der Waals surface area contributed by atoms with Crippen LogP contribution in [0.15, 0.2) is 35.3 Å². The monoisotopic (exact) mass is 472 g/mol. The lowest BCUT2D eigenvalue weighted by molar-refractivity contribution is -0.117. The minimum absolute atomic E-state index is 0.0392. The molecule has 2 N–H and O–H groups in total. The van der Waals surface area contributed by atoms with Crippen molar-refractivity contribution in [3.63, 3.8) is 0 Å². The third-order valence-corrected chi connectivity index (χ3v) is 5.93. The largest absolute Gasteiger partial charge is 0.391 e. The SMILES string of the molecule is O=C(NCC1CC1)c1cn(-c2c(F)cc(F)cc2F)c2nc(N3CC(O)CC3=O)ccc2c1=O. The molecule has 5 rings (SSSR count). The lowest BCUT2D eigenvalue weighted by Crippen LogP contribution is -2.32. The molecule has 3 heterocycles. The third kappa shape index (κ3) is 3.92. The van der Waals surface area contributed by atoms with Gasteiger partial charge in [0.25, 0.3) is 5.91 Å². The van der Waals surface area contributed by atoms with Crippen LogP contribution in [0, 0.1) is 23.4 Å². The lowest BCUT2D eigenvalue weighted by atomic mass is 10.1. The molecule has 2 aliphatic rings. The maximum absolute atomic E-state index is 14.7. The Hall–Kier alpha value is -3.73. The van der Waals surface area contributed by atoms with Crippen molar-refractivity contribution in [2.45, 2.75) is 25.4 Å². The van der Waals surface area contributed by atoms with E-state index in [1.807, 2.05) is 0 Å². The molecule has 0 bridgehead atoms. The van der Waals surface area contributed by atoms with Gasteiger partial charge in [-0.1, -0.05) is 0 Å². The van der Waals surface area contributed by atoms with E-state index in [4.69, 9.17) is 0 Å². The molecule has 1 aliphatic carbocycles. The molecule has 2 amide bonds. The van der Waals surface area contributed by atoms with Crippen molar-refractivity contribution >= 4 is 28.7 Å². The molecule has 0 spiro atoms. The van der Waals surface area contributed by atoms with E-state index < -0.39 is 46.5 Å². The number of aliphatic hydroxyl groups excluding tert-OH is 1. The lowest BCUT2D eigenvalue weighted by Gasteiger charge is -2.18. The van der Waals surface area contributed by atoms with Crippen LogP contribution in [-0.2, 0) is 4.79 Å². The molecular formula is C23H19F3N4O4. The predicted octanol–water partition coefficient (Wildman–Crippen LogP) is 2.04. The van der Waals surface area contributed by atoms with E-state index in [2.05, 4.69) is 10.3 Å². The zero-order chi connectivity index (χ0) is 24.1. The Kier molecular flexibility index (Phi) is 5.35. The molecule has 1 aromatic carbocycles. The molecule has 1 saturated heterocycles. The number of hydrogen-bond donors (Lipinski definition) is 2. The molecule has 1 aliphatic heterocycles. The van der Waals surface area contributed by atoms with Gasteiger partial charge in [-0.05, 0) is 30.9 Å². The first-order chi connectivity index (χ1) is 16.2. The van der Waals surface area contributed by atoms with Crippen LogP contribution in [0.25, 0.3) is 16.7 Å². The molecule has 2 aromatic heterocycles. The molecule has 34 heavy (non-hydrogen) atoms. The van der Waals surface area contributed by atoms with E-state index >= 15 is 0 Å². The number of pyridine rings is 2. The summed E-state index contributed by atoms with van der Waals surface area (Å²) in [6, 6.07) is 3.59. The second-order valence-electron chi connectivity index (χ2n) is 8.52. The van der Waals surface area contributed by atoms with E-state index in [9.17, 15) is 32.7 Å². The highest BCUT2D eigenvalue weighted by Crippen LogP contribution is 2.28. The van der Waals surface area contributed by atoms with Crippen molar-refractivity contribution in [3.8, 4) is 5.69 Å². The number of hydrogen-bond acceptors (Lipinski definition) is 5. The highest BCUT2D eigenvalue weighted by molar-refractivity contribution is 5.99. The summed E-state index contributed by atoms with van der Waals surface area (Å²) in [5.74, 6) is -4.43. The fraction of sp³-hybridized carbons (Fsp3) is 0.304. The van der Waals surface area contributed by atoms with Crippen LogP contribution in [0.2, 0.25) is 0 Å². The van der Waals surface area contributed by atoms with E-state index in [-0.39, 0.29) is 35.4 Å². The number of fused-ring (bicyclic) bond motifs is 1. The summed E-state index contributed by atoms with van der Waals surface area (Å²) in [5, 5.41) is 12.3. The molecule has 1 saturated carbocycles. The van der Waals surface area contributed by atoms with Gasteiger partial charge in [-0.25, -0.2) is 18.2 Å². The summed E-state index contributed by atoms with van der Waals surface area (Å²) in [5.41, 5.74) is -2.05. The van der Waals surface area contributed by atoms with Crippen molar-refractivity contribution in [2.75, 3.05) is 18.0 Å². The number of nitrogens with one attached hydrogen (secondary N) is 1. The van der Waals surface area contributed by atoms with Crippen LogP contribution < -0.4 is 15.6 Å². The average Bonchev–Trinajstić information content (AvgIpc) is 3.54. The Morgan fingerprint density at radius 2 is 1.85 bits per heavy atom. The second kappa shape index (κ2) is 8.24. The van der Waals surface area contributed by atoms with Crippen LogP contribution in [0.1, 0.15) is 29.6 Å². The van der Waals surface area contributed by atoms with Gasteiger partial charge in [0, 0.05) is 24.9 Å². The van der Waals surface area contributed by atoms with Gasteiger partial charge >= 0.3 is 0 Å². The van der Waals surface area contributed by atoms with Gasteiger partial charge in [-0.2, -0.15) is 0 Å².